The number of fused-ring (bicyclic) bond motifs is 1. The molecule has 142 valence electrons. The van der Waals surface area contributed by atoms with E-state index in [0.717, 1.165) is 37.0 Å². The lowest BCUT2D eigenvalue weighted by Crippen LogP contribution is -2.60. The minimum absolute atomic E-state index is 0.00232. The minimum atomic E-state index is -0.489. The van der Waals surface area contributed by atoms with Gasteiger partial charge in [0.2, 0.25) is 5.91 Å². The van der Waals surface area contributed by atoms with Crippen molar-refractivity contribution in [3.8, 4) is 0 Å². The Bertz CT molecular complexity index is 835. The Morgan fingerprint density at radius 3 is 2.63 bits per heavy atom. The van der Waals surface area contributed by atoms with Crippen LogP contribution in [0.15, 0.2) is 47.1 Å². The molecule has 0 radical (unpaired) electrons. The summed E-state index contributed by atoms with van der Waals surface area (Å²) in [5.74, 6) is 0.400. The topological polar surface area (TPSA) is 62.6 Å². The molecule has 1 aromatic carbocycles. The summed E-state index contributed by atoms with van der Waals surface area (Å²) in [5.41, 5.74) is 1.00. The molecule has 27 heavy (non-hydrogen) atoms. The molecule has 1 unspecified atom stereocenters. The molecule has 1 spiro atoms. The average molecular weight is 366 g/mol. The number of hydrogen-bond acceptors (Lipinski definition) is 3. The second-order valence-electron chi connectivity index (χ2n) is 7.96. The third-order valence-electron chi connectivity index (χ3n) is 5.88. The van der Waals surface area contributed by atoms with Crippen molar-refractivity contribution in [3.63, 3.8) is 0 Å². The Hall–Kier alpha value is -2.56. The van der Waals surface area contributed by atoms with Crippen LogP contribution in [0.3, 0.4) is 0 Å². The van der Waals surface area contributed by atoms with Gasteiger partial charge in [-0.05, 0) is 50.5 Å². The molecule has 1 N–H and O–H groups in total. The molecule has 0 bridgehead atoms. The lowest BCUT2D eigenvalue weighted by atomic mass is 9.71. The maximum atomic E-state index is 13.4. The molecule has 1 saturated carbocycles. The van der Waals surface area contributed by atoms with Crippen LogP contribution in [0.1, 0.15) is 67.1 Å². The summed E-state index contributed by atoms with van der Waals surface area (Å²) in [4.78, 5) is 28.7. The smallest absolute Gasteiger partial charge is 0.255 e. The van der Waals surface area contributed by atoms with Crippen LogP contribution in [0.5, 0.6) is 0 Å². The zero-order valence-corrected chi connectivity index (χ0v) is 15.9. The van der Waals surface area contributed by atoms with Crippen LogP contribution in [-0.2, 0) is 11.3 Å². The van der Waals surface area contributed by atoms with Crippen LogP contribution in [0.4, 0.5) is 0 Å². The highest BCUT2D eigenvalue weighted by atomic mass is 16.3. The monoisotopic (exact) mass is 366 g/mol. The van der Waals surface area contributed by atoms with Gasteiger partial charge in [-0.1, -0.05) is 31.0 Å². The van der Waals surface area contributed by atoms with Gasteiger partial charge in [0.1, 0.15) is 5.76 Å². The average Bonchev–Trinajstić information content (AvgIpc) is 3.31. The number of nitrogens with one attached hydrogen (secondary N) is 1. The molecule has 1 fully saturated rings. The standard InChI is InChI=1S/C22H26N2O3/c1-15(2)23-20(25)19-17-9-3-4-10-18(17)21(26)24(14-16-8-7-13-27-16)22(19)11-5-6-12-22/h3-4,7-10,13,15,19H,5-6,11-12,14H2,1-2H3,(H,23,25). The van der Waals surface area contributed by atoms with Gasteiger partial charge >= 0.3 is 0 Å². The molecule has 5 heteroatoms. The lowest BCUT2D eigenvalue weighted by Gasteiger charge is -2.49. The van der Waals surface area contributed by atoms with Crippen LogP contribution in [-0.4, -0.2) is 28.3 Å². The van der Waals surface area contributed by atoms with Gasteiger partial charge in [-0.3, -0.25) is 9.59 Å². The normalized spacial score (nSPS) is 20.9. The lowest BCUT2D eigenvalue weighted by molar-refractivity contribution is -0.127. The molecule has 2 amide bonds. The summed E-state index contributed by atoms with van der Waals surface area (Å²) in [6.07, 6.45) is 5.35. The maximum Gasteiger partial charge on any atom is 0.255 e. The largest absolute Gasteiger partial charge is 0.467 e. The molecule has 2 aromatic rings. The van der Waals surface area contributed by atoms with Crippen molar-refractivity contribution < 1.29 is 14.0 Å². The molecule has 1 aromatic heterocycles. The van der Waals surface area contributed by atoms with Crippen LogP contribution >= 0.6 is 0 Å². The Labute approximate surface area is 159 Å². The van der Waals surface area contributed by atoms with Crippen molar-refractivity contribution in [1.82, 2.24) is 10.2 Å². The fourth-order valence-electron chi connectivity index (χ4n) is 4.82. The van der Waals surface area contributed by atoms with Crippen molar-refractivity contribution in [3.05, 3.63) is 59.5 Å². The van der Waals surface area contributed by atoms with Gasteiger partial charge in [0.15, 0.2) is 0 Å². The van der Waals surface area contributed by atoms with Gasteiger partial charge in [-0.25, -0.2) is 0 Å². The van der Waals surface area contributed by atoms with Gasteiger partial charge < -0.3 is 14.6 Å². The predicted octanol–water partition coefficient (Wildman–Crippen LogP) is 3.86. The molecule has 2 heterocycles. The van der Waals surface area contributed by atoms with Crippen molar-refractivity contribution in [2.24, 2.45) is 0 Å². The quantitative estimate of drug-likeness (QED) is 0.894. The molecule has 1 atom stereocenters. The first-order chi connectivity index (χ1) is 13.0. The van der Waals surface area contributed by atoms with E-state index in [1.165, 1.54) is 0 Å². The molecular weight excluding hydrogens is 340 g/mol. The summed E-state index contributed by atoms with van der Waals surface area (Å²) in [6.45, 7) is 4.34. The van der Waals surface area contributed by atoms with Gasteiger partial charge in [-0.2, -0.15) is 0 Å². The zero-order valence-electron chi connectivity index (χ0n) is 15.9. The number of benzene rings is 1. The SMILES string of the molecule is CC(C)NC(=O)C1c2ccccc2C(=O)N(Cc2ccco2)C12CCCC2. The molecule has 1 aliphatic heterocycles. The fraction of sp³-hybridized carbons (Fsp3) is 0.455. The van der Waals surface area contributed by atoms with E-state index in [1.807, 2.05) is 55.1 Å². The van der Waals surface area contributed by atoms with Gasteiger partial charge in [0.25, 0.3) is 5.91 Å². The second kappa shape index (κ2) is 6.87. The fourth-order valence-corrected chi connectivity index (χ4v) is 4.82. The van der Waals surface area contributed by atoms with Crippen LogP contribution < -0.4 is 5.32 Å². The molecular formula is C22H26N2O3. The van der Waals surface area contributed by atoms with Crippen LogP contribution in [0.25, 0.3) is 0 Å². The molecule has 5 nitrogen and oxygen atoms in total. The van der Waals surface area contributed by atoms with Crippen molar-refractivity contribution in [1.29, 1.82) is 0 Å². The Kier molecular flexibility index (Phi) is 4.54. The summed E-state index contributed by atoms with van der Waals surface area (Å²) in [6, 6.07) is 11.4. The van der Waals surface area contributed by atoms with Gasteiger partial charge in [0.05, 0.1) is 24.3 Å². The Balaban J connectivity index is 1.85. The number of hydrogen-bond donors (Lipinski definition) is 1. The van der Waals surface area contributed by atoms with E-state index in [9.17, 15) is 9.59 Å². The van der Waals surface area contributed by atoms with E-state index < -0.39 is 5.54 Å². The highest BCUT2D eigenvalue weighted by Crippen LogP contribution is 2.50. The number of carbonyl (C=O) groups excluding carboxylic acids is 2. The minimum Gasteiger partial charge on any atom is -0.467 e. The summed E-state index contributed by atoms with van der Waals surface area (Å²) in [7, 11) is 0. The first kappa shape index (κ1) is 17.8. The molecule has 0 saturated heterocycles. The van der Waals surface area contributed by atoms with Gasteiger partial charge in [-0.15, -0.1) is 0 Å². The zero-order chi connectivity index (χ0) is 19.0. The molecule has 4 rings (SSSR count). The van der Waals surface area contributed by atoms with Crippen molar-refractivity contribution in [2.75, 3.05) is 0 Å². The Morgan fingerprint density at radius 2 is 1.96 bits per heavy atom. The number of amides is 2. The third-order valence-corrected chi connectivity index (χ3v) is 5.88. The van der Waals surface area contributed by atoms with E-state index in [4.69, 9.17) is 4.42 Å². The number of carbonyl (C=O) groups is 2. The first-order valence-electron chi connectivity index (χ1n) is 9.76. The van der Waals surface area contributed by atoms with E-state index in [1.54, 1.807) is 6.26 Å². The highest BCUT2D eigenvalue weighted by molar-refractivity contribution is 6.02. The van der Waals surface area contributed by atoms with Crippen molar-refractivity contribution >= 4 is 11.8 Å². The van der Waals surface area contributed by atoms with Crippen LogP contribution in [0, 0.1) is 0 Å². The number of rotatable bonds is 4. The summed E-state index contributed by atoms with van der Waals surface area (Å²) in [5, 5.41) is 3.10. The summed E-state index contributed by atoms with van der Waals surface area (Å²) >= 11 is 0. The second-order valence-corrected chi connectivity index (χ2v) is 7.96. The third kappa shape index (κ3) is 2.95. The van der Waals surface area contributed by atoms with E-state index in [0.29, 0.717) is 12.1 Å². The van der Waals surface area contributed by atoms with E-state index in [-0.39, 0.29) is 23.8 Å². The maximum absolute atomic E-state index is 13.4. The van der Waals surface area contributed by atoms with Crippen LogP contribution in [0.2, 0.25) is 0 Å². The highest BCUT2D eigenvalue weighted by Gasteiger charge is 2.55. The molecule has 2 aliphatic rings. The van der Waals surface area contributed by atoms with E-state index in [2.05, 4.69) is 5.32 Å². The predicted molar refractivity (Wildman–Crippen MR) is 102 cm³/mol. The molecule has 1 aliphatic carbocycles. The number of nitrogens with zero attached hydrogens (tertiary/aromatic N) is 1. The van der Waals surface area contributed by atoms with Crippen molar-refractivity contribution in [2.45, 2.75) is 63.6 Å². The number of furan rings is 1. The van der Waals surface area contributed by atoms with E-state index >= 15 is 0 Å². The summed E-state index contributed by atoms with van der Waals surface area (Å²) < 4.78 is 5.54. The first-order valence-corrected chi connectivity index (χ1v) is 9.76. The van der Waals surface area contributed by atoms with Gasteiger partial charge in [0, 0.05) is 11.6 Å². The Morgan fingerprint density at radius 1 is 1.22 bits per heavy atom.